The van der Waals surface area contributed by atoms with E-state index in [1.165, 1.54) is 46.9 Å². The molecule has 0 aliphatic heterocycles. The zero-order chi connectivity index (χ0) is 19.8. The maximum absolute atomic E-state index is 11.0. The van der Waals surface area contributed by atoms with Gasteiger partial charge in [-0.3, -0.25) is 0 Å². The highest BCUT2D eigenvalue weighted by molar-refractivity contribution is 7.89. The molecule has 0 aliphatic carbocycles. The van der Waals surface area contributed by atoms with Crippen molar-refractivity contribution in [3.8, 4) is 0 Å². The number of benzene rings is 2. The number of hydrogen-bond donors (Lipinski definition) is 3. The molecule has 0 saturated carbocycles. The zero-order valence-corrected chi connectivity index (χ0v) is 16.7. The number of sulfonamides is 2. The van der Waals surface area contributed by atoms with Crippen molar-refractivity contribution < 1.29 is 16.8 Å². The number of rotatable bonds is 2. The Morgan fingerprint density at radius 2 is 1.37 bits per heavy atom. The molecule has 0 saturated heterocycles. The van der Waals surface area contributed by atoms with Crippen LogP contribution in [-0.4, -0.2) is 26.8 Å². The van der Waals surface area contributed by atoms with E-state index in [-0.39, 0.29) is 9.79 Å². The largest absolute Gasteiger partial charge is 0.375 e. The number of primary sulfonamides is 2. The van der Waals surface area contributed by atoms with Crippen LogP contribution in [0.3, 0.4) is 0 Å². The molecule has 13 heteroatoms. The van der Waals surface area contributed by atoms with Gasteiger partial charge in [-0.2, -0.15) is 0 Å². The van der Waals surface area contributed by atoms with Gasteiger partial charge in [0.2, 0.25) is 20.0 Å². The quantitative estimate of drug-likeness (QED) is 0.420. The Balaban J connectivity index is 0.000000156. The topological polar surface area (TPSA) is 172 Å². The molecule has 9 nitrogen and oxygen atoms in total. The number of anilines is 1. The lowest BCUT2D eigenvalue weighted by Crippen LogP contribution is -2.11. The lowest BCUT2D eigenvalue weighted by molar-refractivity contribution is 0.596. The molecule has 2 heterocycles. The molecule has 0 spiro atoms. The molecular formula is C14H13N5O4S4. The van der Waals surface area contributed by atoms with Gasteiger partial charge in [0.15, 0.2) is 5.13 Å². The molecule has 2 aromatic heterocycles. The fourth-order valence-electron chi connectivity index (χ4n) is 2.11. The van der Waals surface area contributed by atoms with Crippen LogP contribution < -0.4 is 16.0 Å². The Hall–Kier alpha value is -2.16. The molecular weight excluding hydrogens is 430 g/mol. The predicted molar refractivity (Wildman–Crippen MR) is 106 cm³/mol. The van der Waals surface area contributed by atoms with Gasteiger partial charge in [0, 0.05) is 0 Å². The fraction of sp³-hybridized carbons (Fsp3) is 0. The molecule has 4 aromatic rings. The molecule has 2 aromatic carbocycles. The third-order valence-corrected chi connectivity index (χ3v) is 6.80. The van der Waals surface area contributed by atoms with E-state index in [2.05, 4.69) is 9.97 Å². The maximum Gasteiger partial charge on any atom is 0.238 e. The molecule has 0 bridgehead atoms. The minimum Gasteiger partial charge on any atom is -0.375 e. The number of aromatic nitrogens is 2. The molecule has 142 valence electrons. The lowest BCUT2D eigenvalue weighted by Gasteiger charge is -1.95. The summed E-state index contributed by atoms with van der Waals surface area (Å²) in [4.78, 5) is 8.23. The third kappa shape index (κ3) is 4.58. The number of thiazole rings is 2. The van der Waals surface area contributed by atoms with E-state index in [0.29, 0.717) is 15.3 Å². The molecule has 0 unspecified atom stereocenters. The van der Waals surface area contributed by atoms with Gasteiger partial charge < -0.3 is 5.73 Å². The van der Waals surface area contributed by atoms with E-state index in [1.54, 1.807) is 17.6 Å². The van der Waals surface area contributed by atoms with E-state index in [1.807, 2.05) is 0 Å². The van der Waals surface area contributed by atoms with E-state index in [4.69, 9.17) is 16.0 Å². The summed E-state index contributed by atoms with van der Waals surface area (Å²) in [6.07, 6.45) is 0. The average molecular weight is 444 g/mol. The Morgan fingerprint density at radius 1 is 0.815 bits per heavy atom. The van der Waals surface area contributed by atoms with Crippen LogP contribution in [0, 0.1) is 0 Å². The van der Waals surface area contributed by atoms with Gasteiger partial charge in [-0.1, -0.05) is 11.3 Å². The highest BCUT2D eigenvalue weighted by Crippen LogP contribution is 2.25. The van der Waals surface area contributed by atoms with Crippen molar-refractivity contribution in [2.24, 2.45) is 10.3 Å². The van der Waals surface area contributed by atoms with Gasteiger partial charge >= 0.3 is 0 Å². The summed E-state index contributed by atoms with van der Waals surface area (Å²) < 4.78 is 45.5. The summed E-state index contributed by atoms with van der Waals surface area (Å²) in [5.74, 6) is 0. The van der Waals surface area contributed by atoms with Crippen LogP contribution >= 0.6 is 22.7 Å². The van der Waals surface area contributed by atoms with Gasteiger partial charge in [-0.25, -0.2) is 37.1 Å². The van der Waals surface area contributed by atoms with Crippen LogP contribution in [0.2, 0.25) is 0 Å². The normalized spacial score (nSPS) is 12.1. The van der Waals surface area contributed by atoms with Crippen molar-refractivity contribution >= 4 is 68.3 Å². The highest BCUT2D eigenvalue weighted by Gasteiger charge is 2.10. The summed E-state index contributed by atoms with van der Waals surface area (Å²) in [7, 11) is -7.24. The molecule has 0 fully saturated rings. The van der Waals surface area contributed by atoms with Crippen LogP contribution in [-0.2, 0) is 20.0 Å². The second kappa shape index (κ2) is 7.10. The molecule has 0 radical (unpaired) electrons. The van der Waals surface area contributed by atoms with Crippen LogP contribution in [0.1, 0.15) is 0 Å². The molecule has 4 rings (SSSR count). The fourth-order valence-corrected chi connectivity index (χ4v) is 4.83. The van der Waals surface area contributed by atoms with Crippen molar-refractivity contribution in [2.45, 2.75) is 9.79 Å². The standard InChI is InChI=1S/C7H7N3O2S2.C7H6N2O2S2/c8-7-10-5-2-1-4(14(9,11)12)3-6(5)13-7;8-13(10,11)5-1-2-6-7(3-5)12-4-9-6/h1-3H,(H2,8,10)(H2,9,11,12);1-4H,(H2,8,10,11). The third-order valence-electron chi connectivity index (χ3n) is 3.34. The highest BCUT2D eigenvalue weighted by atomic mass is 32.2. The summed E-state index contributed by atoms with van der Waals surface area (Å²) >= 11 is 2.62. The number of nitrogens with zero attached hydrogens (tertiary/aromatic N) is 2. The molecule has 0 amide bonds. The summed E-state index contributed by atoms with van der Waals surface area (Å²) in [6, 6.07) is 9.10. The van der Waals surface area contributed by atoms with E-state index in [0.717, 1.165) is 10.2 Å². The second-order valence-corrected chi connectivity index (χ2v) is 10.3. The first-order valence-corrected chi connectivity index (χ1v) is 11.9. The minimum atomic E-state index is -3.65. The Kier molecular flexibility index (Phi) is 5.16. The summed E-state index contributed by atoms with van der Waals surface area (Å²) in [6.45, 7) is 0. The van der Waals surface area contributed by atoms with Crippen LogP contribution in [0.25, 0.3) is 20.4 Å². The van der Waals surface area contributed by atoms with E-state index < -0.39 is 20.0 Å². The first-order valence-electron chi connectivity index (χ1n) is 7.09. The Bertz CT molecular complexity index is 1340. The van der Waals surface area contributed by atoms with Crippen molar-refractivity contribution in [3.05, 3.63) is 41.9 Å². The molecule has 27 heavy (non-hydrogen) atoms. The molecule has 0 atom stereocenters. The zero-order valence-electron chi connectivity index (χ0n) is 13.4. The van der Waals surface area contributed by atoms with Crippen LogP contribution in [0.15, 0.2) is 51.7 Å². The summed E-state index contributed by atoms with van der Waals surface area (Å²) in [5, 5.41) is 10.4. The number of nitrogens with two attached hydrogens (primary N) is 3. The van der Waals surface area contributed by atoms with Gasteiger partial charge in [-0.15, -0.1) is 11.3 Å². The van der Waals surface area contributed by atoms with Crippen molar-refractivity contribution in [2.75, 3.05) is 5.73 Å². The van der Waals surface area contributed by atoms with Crippen molar-refractivity contribution in [1.29, 1.82) is 0 Å². The number of fused-ring (bicyclic) bond motifs is 2. The average Bonchev–Trinajstić information content (AvgIpc) is 3.16. The van der Waals surface area contributed by atoms with Crippen molar-refractivity contribution in [1.82, 2.24) is 9.97 Å². The smallest absolute Gasteiger partial charge is 0.238 e. The maximum atomic E-state index is 11.0. The van der Waals surface area contributed by atoms with Gasteiger partial charge in [0.1, 0.15) is 0 Å². The lowest BCUT2D eigenvalue weighted by atomic mass is 10.3. The number of nitrogen functional groups attached to an aromatic ring is 1. The van der Waals surface area contributed by atoms with Crippen LogP contribution in [0.5, 0.6) is 0 Å². The first-order chi connectivity index (χ1) is 12.5. The second-order valence-electron chi connectivity index (χ2n) is 5.25. The van der Waals surface area contributed by atoms with Gasteiger partial charge in [0.25, 0.3) is 0 Å². The van der Waals surface area contributed by atoms with E-state index >= 15 is 0 Å². The van der Waals surface area contributed by atoms with Gasteiger partial charge in [0.05, 0.1) is 35.7 Å². The Labute approximate surface area is 162 Å². The first kappa shape index (κ1) is 19.6. The Morgan fingerprint density at radius 3 is 1.96 bits per heavy atom. The molecule has 6 N–H and O–H groups in total. The summed E-state index contributed by atoms with van der Waals surface area (Å²) in [5.41, 5.74) is 8.61. The molecule has 0 aliphatic rings. The van der Waals surface area contributed by atoms with Gasteiger partial charge in [-0.05, 0) is 36.4 Å². The van der Waals surface area contributed by atoms with E-state index in [9.17, 15) is 16.8 Å². The van der Waals surface area contributed by atoms with Crippen molar-refractivity contribution in [3.63, 3.8) is 0 Å². The SMILES string of the molecule is NS(=O)(=O)c1ccc2ncsc2c1.Nc1nc2ccc(S(N)(=O)=O)cc2s1. The predicted octanol–water partition coefficient (Wildman–Crippen LogP) is 1.47. The minimum absolute atomic E-state index is 0.0775. The monoisotopic (exact) mass is 443 g/mol. The number of hydrogen-bond acceptors (Lipinski definition) is 9. The van der Waals surface area contributed by atoms with Crippen LogP contribution in [0.4, 0.5) is 5.13 Å².